The number of nitrogens with one attached hydrogen (secondary N) is 3. The number of rotatable bonds is 10. The zero-order chi connectivity index (χ0) is 21.0. The summed E-state index contributed by atoms with van der Waals surface area (Å²) < 4.78 is 49.8. The number of aromatic nitrogens is 1. The van der Waals surface area contributed by atoms with Gasteiger partial charge in [-0.15, -0.1) is 24.0 Å². The van der Waals surface area contributed by atoms with Gasteiger partial charge in [-0.25, -0.2) is 4.98 Å². The lowest BCUT2D eigenvalue weighted by atomic mass is 10.0. The van der Waals surface area contributed by atoms with E-state index in [0.717, 1.165) is 45.1 Å². The van der Waals surface area contributed by atoms with E-state index in [1.807, 2.05) is 0 Å². The van der Waals surface area contributed by atoms with Gasteiger partial charge < -0.3 is 25.4 Å². The highest BCUT2D eigenvalue weighted by atomic mass is 127. The minimum atomic E-state index is -4.44. The standard InChI is InChI=1S/C19H30F3N5O2.HI/c1-23-18(26-8-3-11-29-14-15-5-12-28-13-6-15)27-10-9-25-17-16(19(20,21)22)4-2-7-24-17;/h2,4,7,15H,3,5-6,8-14H2,1H3,(H,24,25)(H2,23,26,27);1H. The fourth-order valence-electron chi connectivity index (χ4n) is 2.90. The molecule has 0 aromatic carbocycles. The van der Waals surface area contributed by atoms with Crippen LogP contribution in [0.4, 0.5) is 19.0 Å². The summed E-state index contributed by atoms with van der Waals surface area (Å²) in [6.45, 7) is 4.45. The van der Waals surface area contributed by atoms with Gasteiger partial charge >= 0.3 is 6.18 Å². The molecule has 1 aromatic rings. The highest BCUT2D eigenvalue weighted by Gasteiger charge is 2.33. The molecule has 7 nitrogen and oxygen atoms in total. The Bertz CT molecular complexity index is 628. The van der Waals surface area contributed by atoms with E-state index in [2.05, 4.69) is 25.9 Å². The topological polar surface area (TPSA) is 79.8 Å². The minimum absolute atomic E-state index is 0. The fourth-order valence-corrected chi connectivity index (χ4v) is 2.90. The van der Waals surface area contributed by atoms with E-state index in [9.17, 15) is 13.2 Å². The second kappa shape index (κ2) is 14.6. The predicted octanol–water partition coefficient (Wildman–Crippen LogP) is 3.13. The summed E-state index contributed by atoms with van der Waals surface area (Å²) in [6, 6.07) is 2.28. The maximum atomic E-state index is 12.9. The van der Waals surface area contributed by atoms with E-state index in [0.29, 0.717) is 31.6 Å². The third kappa shape index (κ3) is 10.1. The Balaban J connectivity index is 0.00000450. The molecule has 1 aliphatic rings. The Morgan fingerprint density at radius 2 is 1.97 bits per heavy atom. The van der Waals surface area contributed by atoms with Crippen molar-refractivity contribution in [2.45, 2.75) is 25.4 Å². The summed E-state index contributed by atoms with van der Waals surface area (Å²) in [4.78, 5) is 7.87. The van der Waals surface area contributed by atoms with Crippen LogP contribution in [0.3, 0.4) is 0 Å². The summed E-state index contributed by atoms with van der Waals surface area (Å²) in [7, 11) is 1.64. The molecule has 1 aromatic heterocycles. The number of nitrogens with zero attached hydrogens (tertiary/aromatic N) is 2. The summed E-state index contributed by atoms with van der Waals surface area (Å²) in [5, 5.41) is 8.92. The number of ether oxygens (including phenoxy) is 2. The number of guanidine groups is 1. The number of halogens is 4. The highest BCUT2D eigenvalue weighted by Crippen LogP contribution is 2.33. The molecule has 172 valence electrons. The zero-order valence-electron chi connectivity index (χ0n) is 17.1. The number of hydrogen-bond acceptors (Lipinski definition) is 5. The van der Waals surface area contributed by atoms with Crippen molar-refractivity contribution >= 4 is 35.8 Å². The van der Waals surface area contributed by atoms with Crippen LogP contribution in [0.2, 0.25) is 0 Å². The van der Waals surface area contributed by atoms with E-state index < -0.39 is 11.7 Å². The zero-order valence-corrected chi connectivity index (χ0v) is 19.5. The van der Waals surface area contributed by atoms with Crippen LogP contribution in [0.5, 0.6) is 0 Å². The monoisotopic (exact) mass is 545 g/mol. The number of anilines is 1. The van der Waals surface area contributed by atoms with Crippen molar-refractivity contribution in [3.8, 4) is 0 Å². The normalized spacial score (nSPS) is 15.4. The molecular formula is C19H31F3IN5O2. The highest BCUT2D eigenvalue weighted by molar-refractivity contribution is 14.0. The lowest BCUT2D eigenvalue weighted by Crippen LogP contribution is -2.40. The average molecular weight is 545 g/mol. The summed E-state index contributed by atoms with van der Waals surface area (Å²) >= 11 is 0. The van der Waals surface area contributed by atoms with Gasteiger partial charge in [0.1, 0.15) is 5.82 Å². The molecule has 0 unspecified atom stereocenters. The van der Waals surface area contributed by atoms with E-state index in [1.54, 1.807) is 7.05 Å². The lowest BCUT2D eigenvalue weighted by Gasteiger charge is -2.21. The Labute approximate surface area is 192 Å². The van der Waals surface area contributed by atoms with Gasteiger partial charge in [-0.2, -0.15) is 13.2 Å². The van der Waals surface area contributed by atoms with Gasteiger partial charge in [-0.1, -0.05) is 0 Å². The second-order valence-electron chi connectivity index (χ2n) is 6.73. The molecular weight excluding hydrogens is 514 g/mol. The van der Waals surface area contributed by atoms with Crippen LogP contribution in [0.15, 0.2) is 23.3 Å². The first-order chi connectivity index (χ1) is 14.0. The van der Waals surface area contributed by atoms with Gasteiger partial charge in [-0.05, 0) is 37.3 Å². The first-order valence-corrected chi connectivity index (χ1v) is 9.87. The Hall–Kier alpha value is -1.34. The van der Waals surface area contributed by atoms with Crippen LogP contribution in [-0.2, 0) is 15.7 Å². The van der Waals surface area contributed by atoms with E-state index >= 15 is 0 Å². The van der Waals surface area contributed by atoms with E-state index in [1.165, 1.54) is 12.3 Å². The molecule has 0 saturated carbocycles. The van der Waals surface area contributed by atoms with Crippen molar-refractivity contribution < 1.29 is 22.6 Å². The van der Waals surface area contributed by atoms with Gasteiger partial charge in [0.15, 0.2) is 5.96 Å². The van der Waals surface area contributed by atoms with Crippen LogP contribution < -0.4 is 16.0 Å². The lowest BCUT2D eigenvalue weighted by molar-refractivity contribution is -0.137. The van der Waals surface area contributed by atoms with Gasteiger partial charge in [0.2, 0.25) is 0 Å². The molecule has 0 bridgehead atoms. The van der Waals surface area contributed by atoms with E-state index in [4.69, 9.17) is 9.47 Å². The summed E-state index contributed by atoms with van der Waals surface area (Å²) in [5.74, 6) is 1.01. The van der Waals surface area contributed by atoms with Crippen molar-refractivity contribution in [1.82, 2.24) is 15.6 Å². The molecule has 0 amide bonds. The SMILES string of the molecule is CN=C(NCCCOCC1CCOCC1)NCCNc1ncccc1C(F)(F)F.I. The van der Waals surface area contributed by atoms with Crippen molar-refractivity contribution in [2.24, 2.45) is 10.9 Å². The third-order valence-corrected chi connectivity index (χ3v) is 4.50. The number of alkyl halides is 3. The molecule has 0 radical (unpaired) electrons. The summed E-state index contributed by atoms with van der Waals surface area (Å²) in [5.41, 5.74) is -0.775. The molecule has 0 atom stereocenters. The molecule has 3 N–H and O–H groups in total. The van der Waals surface area contributed by atoms with Crippen molar-refractivity contribution in [2.75, 3.05) is 58.4 Å². The molecule has 1 aliphatic heterocycles. The molecule has 0 spiro atoms. The Kier molecular flexibility index (Phi) is 13.0. The third-order valence-electron chi connectivity index (χ3n) is 4.50. The van der Waals surface area contributed by atoms with Gasteiger partial charge in [0.25, 0.3) is 0 Å². The second-order valence-corrected chi connectivity index (χ2v) is 6.73. The molecule has 1 fully saturated rings. The summed E-state index contributed by atoms with van der Waals surface area (Å²) in [6.07, 6.45) is -0.146. The van der Waals surface area contributed by atoms with Gasteiger partial charge in [-0.3, -0.25) is 4.99 Å². The van der Waals surface area contributed by atoms with Crippen molar-refractivity contribution in [3.05, 3.63) is 23.9 Å². The van der Waals surface area contributed by atoms with Crippen LogP contribution in [0, 0.1) is 5.92 Å². The van der Waals surface area contributed by atoms with Crippen LogP contribution in [-0.4, -0.2) is 64.1 Å². The predicted molar refractivity (Wildman–Crippen MR) is 121 cm³/mol. The smallest absolute Gasteiger partial charge is 0.381 e. The van der Waals surface area contributed by atoms with Crippen LogP contribution in [0.25, 0.3) is 0 Å². The molecule has 2 heterocycles. The largest absolute Gasteiger partial charge is 0.419 e. The number of pyridine rings is 1. The van der Waals surface area contributed by atoms with Crippen LogP contribution in [0.1, 0.15) is 24.8 Å². The van der Waals surface area contributed by atoms with E-state index in [-0.39, 0.29) is 36.3 Å². The fraction of sp³-hybridized carbons (Fsp3) is 0.684. The first-order valence-electron chi connectivity index (χ1n) is 9.87. The van der Waals surface area contributed by atoms with Crippen LogP contribution >= 0.6 is 24.0 Å². The number of aliphatic imine (C=N–C) groups is 1. The van der Waals surface area contributed by atoms with Gasteiger partial charge in [0, 0.05) is 59.3 Å². The first kappa shape index (κ1) is 26.7. The van der Waals surface area contributed by atoms with Crippen molar-refractivity contribution in [3.63, 3.8) is 0 Å². The molecule has 2 rings (SSSR count). The molecule has 30 heavy (non-hydrogen) atoms. The number of hydrogen-bond donors (Lipinski definition) is 3. The van der Waals surface area contributed by atoms with Crippen molar-refractivity contribution in [1.29, 1.82) is 0 Å². The van der Waals surface area contributed by atoms with Gasteiger partial charge in [0.05, 0.1) is 5.56 Å². The average Bonchev–Trinajstić information content (AvgIpc) is 2.72. The molecule has 0 aliphatic carbocycles. The quantitative estimate of drug-likeness (QED) is 0.182. The maximum absolute atomic E-state index is 12.9. The maximum Gasteiger partial charge on any atom is 0.419 e. The molecule has 11 heteroatoms. The Morgan fingerprint density at radius 1 is 1.23 bits per heavy atom. The minimum Gasteiger partial charge on any atom is -0.381 e. The Morgan fingerprint density at radius 3 is 2.67 bits per heavy atom. The molecule has 1 saturated heterocycles.